The largest absolute Gasteiger partial charge is 0.497 e. The van der Waals surface area contributed by atoms with Gasteiger partial charge >= 0.3 is 5.97 Å². The van der Waals surface area contributed by atoms with Crippen LogP contribution in [0.2, 0.25) is 0 Å². The molecule has 0 aliphatic rings. The second-order valence-corrected chi connectivity index (χ2v) is 5.87. The molecule has 6 nitrogen and oxygen atoms in total. The molecule has 0 unspecified atom stereocenters. The Labute approximate surface area is 114 Å². The number of rotatable bonds is 6. The minimum Gasteiger partial charge on any atom is -0.497 e. The fourth-order valence-electron chi connectivity index (χ4n) is 1.43. The molecule has 0 radical (unpaired) electrons. The van der Waals surface area contributed by atoms with Crippen molar-refractivity contribution in [3.05, 3.63) is 23.8 Å². The molecule has 1 N–H and O–H groups in total. The first kappa shape index (κ1) is 16.3. The zero-order valence-corrected chi connectivity index (χ0v) is 11.6. The number of carboxylic acids is 1. The number of nitrogens with zero attached hydrogens (tertiary/aromatic N) is 1. The molecular weight excluding hydrogens is 296 g/mol. The molecule has 20 heavy (non-hydrogen) atoms. The minimum absolute atomic E-state index is 0.160. The van der Waals surface area contributed by atoms with E-state index < -0.39 is 45.5 Å². The average molecular weight is 309 g/mol. The summed E-state index contributed by atoms with van der Waals surface area (Å²) in [7, 11) is -2.23. The number of ether oxygens (including phenoxy) is 1. The van der Waals surface area contributed by atoms with Gasteiger partial charge in [0.1, 0.15) is 17.4 Å². The standard InChI is InChI=1S/C11H13F2NO5S/c1-14(4-3-10(15)16)20(17,18)11-8(12)5-7(19-2)6-9(11)13/h5-6H,3-4H2,1-2H3,(H,15,16). The van der Waals surface area contributed by atoms with E-state index in [4.69, 9.17) is 5.11 Å². The van der Waals surface area contributed by atoms with Gasteiger partial charge in [0.15, 0.2) is 4.90 Å². The third-order valence-corrected chi connectivity index (χ3v) is 4.43. The molecule has 0 spiro atoms. The van der Waals surface area contributed by atoms with Gasteiger partial charge in [0.05, 0.1) is 13.5 Å². The van der Waals surface area contributed by atoms with Gasteiger partial charge in [-0.1, -0.05) is 0 Å². The summed E-state index contributed by atoms with van der Waals surface area (Å²) in [4.78, 5) is 9.27. The topological polar surface area (TPSA) is 83.9 Å². The van der Waals surface area contributed by atoms with Crippen molar-refractivity contribution in [2.24, 2.45) is 0 Å². The monoisotopic (exact) mass is 309 g/mol. The summed E-state index contributed by atoms with van der Waals surface area (Å²) in [6.07, 6.45) is -0.477. The van der Waals surface area contributed by atoms with E-state index in [1.807, 2.05) is 0 Å². The van der Waals surface area contributed by atoms with Crippen molar-refractivity contribution in [3.8, 4) is 5.75 Å². The highest BCUT2D eigenvalue weighted by atomic mass is 32.2. The Morgan fingerprint density at radius 1 is 1.35 bits per heavy atom. The molecule has 0 amide bonds. The maximum absolute atomic E-state index is 13.7. The van der Waals surface area contributed by atoms with Crippen LogP contribution in [0, 0.1) is 11.6 Å². The van der Waals surface area contributed by atoms with Gasteiger partial charge in [-0.25, -0.2) is 21.5 Å². The molecule has 1 aromatic rings. The van der Waals surface area contributed by atoms with Gasteiger partial charge in [0, 0.05) is 25.7 Å². The molecule has 112 valence electrons. The minimum atomic E-state index is -4.46. The van der Waals surface area contributed by atoms with Crippen LogP contribution in [0.15, 0.2) is 17.0 Å². The van der Waals surface area contributed by atoms with Crippen molar-refractivity contribution in [1.29, 1.82) is 0 Å². The highest BCUT2D eigenvalue weighted by molar-refractivity contribution is 7.89. The van der Waals surface area contributed by atoms with Crippen LogP contribution >= 0.6 is 0 Å². The van der Waals surface area contributed by atoms with E-state index in [-0.39, 0.29) is 5.75 Å². The van der Waals surface area contributed by atoms with Gasteiger partial charge in [0.25, 0.3) is 0 Å². The highest BCUT2D eigenvalue weighted by Gasteiger charge is 2.29. The molecule has 9 heteroatoms. The number of benzene rings is 1. The van der Waals surface area contributed by atoms with Crippen LogP contribution in [0.25, 0.3) is 0 Å². The van der Waals surface area contributed by atoms with Crippen LogP contribution in [0.4, 0.5) is 8.78 Å². The van der Waals surface area contributed by atoms with Gasteiger partial charge in [-0.3, -0.25) is 4.79 Å². The van der Waals surface area contributed by atoms with Gasteiger partial charge in [-0.2, -0.15) is 0 Å². The Bertz CT molecular complexity index is 594. The number of hydrogen-bond acceptors (Lipinski definition) is 4. The number of sulfonamides is 1. The lowest BCUT2D eigenvalue weighted by molar-refractivity contribution is -0.137. The zero-order valence-electron chi connectivity index (χ0n) is 10.8. The normalized spacial score (nSPS) is 11.7. The SMILES string of the molecule is COc1cc(F)c(S(=O)(=O)N(C)CCC(=O)O)c(F)c1. The van der Waals surface area contributed by atoms with Crippen molar-refractivity contribution < 1.29 is 31.8 Å². The molecule has 0 saturated heterocycles. The Morgan fingerprint density at radius 2 is 1.85 bits per heavy atom. The zero-order chi connectivity index (χ0) is 15.5. The highest BCUT2D eigenvalue weighted by Crippen LogP contribution is 2.26. The summed E-state index contributed by atoms with van der Waals surface area (Å²) in [5, 5.41) is 8.49. The second kappa shape index (κ2) is 6.14. The molecule has 0 bridgehead atoms. The van der Waals surface area contributed by atoms with Crippen LogP contribution in [0.5, 0.6) is 5.75 Å². The van der Waals surface area contributed by atoms with Crippen molar-refractivity contribution in [3.63, 3.8) is 0 Å². The van der Waals surface area contributed by atoms with Crippen molar-refractivity contribution in [2.75, 3.05) is 20.7 Å². The predicted molar refractivity (Wildman–Crippen MR) is 65.0 cm³/mol. The van der Waals surface area contributed by atoms with Crippen molar-refractivity contribution in [1.82, 2.24) is 4.31 Å². The van der Waals surface area contributed by atoms with Crippen LogP contribution in [-0.2, 0) is 14.8 Å². The van der Waals surface area contributed by atoms with E-state index in [2.05, 4.69) is 4.74 Å². The first-order chi connectivity index (χ1) is 9.20. The van der Waals surface area contributed by atoms with Crippen LogP contribution < -0.4 is 4.74 Å². The molecule has 0 atom stereocenters. The molecule has 0 aliphatic heterocycles. The summed E-state index contributed by atoms with van der Waals surface area (Å²) in [5.41, 5.74) is 0. The molecular formula is C11H13F2NO5S. The van der Waals surface area contributed by atoms with Crippen LogP contribution in [0.3, 0.4) is 0 Å². The predicted octanol–water partition coefficient (Wildman–Crippen LogP) is 1.07. The summed E-state index contributed by atoms with van der Waals surface area (Å²) in [5.74, 6) is -3.98. The maximum atomic E-state index is 13.7. The fourth-order valence-corrected chi connectivity index (χ4v) is 2.68. The smallest absolute Gasteiger partial charge is 0.304 e. The van der Waals surface area contributed by atoms with E-state index in [9.17, 15) is 22.0 Å². The molecule has 1 rings (SSSR count). The number of halogens is 2. The van der Waals surface area contributed by atoms with E-state index >= 15 is 0 Å². The maximum Gasteiger partial charge on any atom is 0.304 e. The summed E-state index contributed by atoms with van der Waals surface area (Å²) in [6.45, 7) is -0.400. The number of carbonyl (C=O) groups is 1. The third-order valence-electron chi connectivity index (χ3n) is 2.52. The lowest BCUT2D eigenvalue weighted by Crippen LogP contribution is -2.30. The quantitative estimate of drug-likeness (QED) is 0.849. The number of hydrogen-bond donors (Lipinski definition) is 1. The van der Waals surface area contributed by atoms with Gasteiger partial charge < -0.3 is 9.84 Å². The Morgan fingerprint density at radius 3 is 2.25 bits per heavy atom. The lowest BCUT2D eigenvalue weighted by atomic mass is 10.3. The van der Waals surface area contributed by atoms with Gasteiger partial charge in [-0.15, -0.1) is 0 Å². The van der Waals surface area contributed by atoms with Crippen molar-refractivity contribution >= 4 is 16.0 Å². The lowest BCUT2D eigenvalue weighted by Gasteiger charge is -2.17. The first-order valence-corrected chi connectivity index (χ1v) is 6.85. The molecule has 0 fully saturated rings. The molecule has 1 aromatic carbocycles. The molecule has 0 aliphatic carbocycles. The summed E-state index contributed by atoms with van der Waals surface area (Å²) >= 11 is 0. The Balaban J connectivity index is 3.19. The number of aliphatic carboxylic acids is 1. The Hall–Kier alpha value is -1.74. The average Bonchev–Trinajstić information content (AvgIpc) is 2.34. The van der Waals surface area contributed by atoms with E-state index in [1.54, 1.807) is 0 Å². The van der Waals surface area contributed by atoms with E-state index in [0.29, 0.717) is 4.31 Å². The van der Waals surface area contributed by atoms with Crippen molar-refractivity contribution in [2.45, 2.75) is 11.3 Å². The number of methoxy groups -OCH3 is 1. The van der Waals surface area contributed by atoms with E-state index in [0.717, 1.165) is 19.2 Å². The van der Waals surface area contributed by atoms with E-state index in [1.165, 1.54) is 7.11 Å². The van der Waals surface area contributed by atoms with Crippen LogP contribution in [-0.4, -0.2) is 44.5 Å². The fraction of sp³-hybridized carbons (Fsp3) is 0.364. The summed E-state index contributed by atoms with van der Waals surface area (Å²) < 4.78 is 56.6. The summed E-state index contributed by atoms with van der Waals surface area (Å²) in [6, 6.07) is 1.47. The van der Waals surface area contributed by atoms with Gasteiger partial charge in [0.2, 0.25) is 10.0 Å². The molecule has 0 heterocycles. The van der Waals surface area contributed by atoms with Gasteiger partial charge in [-0.05, 0) is 0 Å². The van der Waals surface area contributed by atoms with Crippen LogP contribution in [0.1, 0.15) is 6.42 Å². The third kappa shape index (κ3) is 3.42. The number of carboxylic acid groups (broad SMARTS) is 1. The second-order valence-electron chi connectivity index (χ2n) is 3.89. The first-order valence-electron chi connectivity index (χ1n) is 5.41. The molecule has 0 saturated carbocycles. The Kier molecular flexibility index (Phi) is 5.01. The molecule has 0 aromatic heterocycles.